The SMILES string of the molecule is C[Si](C)(C)c1ccc(-n2c3cc(N(c4ccccc4)c4cccc5c4oc4c(-c6ccccc6)cccc45)ccc3c3cc4ccc(N(c5ccccc5)c5cccc6c5oc5c(-c7ccccc7)cccc56)cc4cc32)cc1. The Bertz CT molecular complexity index is 4810. The van der Waals surface area contributed by atoms with Gasteiger partial charge in [0.05, 0.1) is 30.5 Å². The lowest BCUT2D eigenvalue weighted by Gasteiger charge is -2.26. The molecule has 0 spiro atoms. The summed E-state index contributed by atoms with van der Waals surface area (Å²) >= 11 is 0. The molecule has 0 aliphatic heterocycles. The Kier molecular flexibility index (Phi) is 10.8. The van der Waals surface area contributed by atoms with E-state index in [0.717, 1.165) is 128 Å². The van der Waals surface area contributed by atoms with Gasteiger partial charge in [-0.15, -0.1) is 0 Å². The van der Waals surface area contributed by atoms with Crippen LogP contribution in [0, 0.1) is 0 Å². The number of fused-ring (bicyclic) bond motifs is 10. The van der Waals surface area contributed by atoms with Gasteiger partial charge in [-0.25, -0.2) is 0 Å². The summed E-state index contributed by atoms with van der Waals surface area (Å²) in [5, 5.41) is 10.4. The summed E-state index contributed by atoms with van der Waals surface area (Å²) in [5.41, 5.74) is 17.3. The van der Waals surface area contributed by atoms with Crippen LogP contribution in [0.2, 0.25) is 19.6 Å². The maximum absolute atomic E-state index is 7.09. The lowest BCUT2D eigenvalue weighted by Crippen LogP contribution is -2.37. The van der Waals surface area contributed by atoms with Crippen LogP contribution in [0.15, 0.2) is 276 Å². The van der Waals surface area contributed by atoms with Gasteiger partial charge >= 0.3 is 0 Å². The van der Waals surface area contributed by atoms with Gasteiger partial charge in [0.2, 0.25) is 0 Å². The fraction of sp³-hybridized carbons (Fsp3) is 0.0411. The first kappa shape index (κ1) is 46.4. The minimum absolute atomic E-state index is 0.840. The van der Waals surface area contributed by atoms with Crippen LogP contribution in [0.5, 0.6) is 0 Å². The predicted octanol–water partition coefficient (Wildman–Crippen LogP) is 20.6. The highest BCUT2D eigenvalue weighted by molar-refractivity contribution is 6.88. The molecule has 6 heteroatoms. The number of hydrogen-bond acceptors (Lipinski definition) is 4. The van der Waals surface area contributed by atoms with Crippen LogP contribution in [0.1, 0.15) is 0 Å². The molecule has 0 amide bonds. The molecule has 3 aromatic heterocycles. The number of para-hydroxylation sites is 6. The van der Waals surface area contributed by atoms with Gasteiger partial charge in [-0.05, 0) is 107 Å². The number of anilines is 6. The molecule has 0 atom stereocenters. The highest BCUT2D eigenvalue weighted by Crippen LogP contribution is 2.48. The van der Waals surface area contributed by atoms with Crippen LogP contribution in [0.4, 0.5) is 34.1 Å². The van der Waals surface area contributed by atoms with Gasteiger partial charge in [-0.2, -0.15) is 0 Å². The molecule has 0 aliphatic rings. The van der Waals surface area contributed by atoms with Gasteiger partial charge < -0.3 is 23.2 Å². The first-order chi connectivity index (χ1) is 38.8. The van der Waals surface area contributed by atoms with Gasteiger partial charge in [0.1, 0.15) is 11.2 Å². The van der Waals surface area contributed by atoms with Crippen molar-refractivity contribution in [3.8, 4) is 27.9 Å². The van der Waals surface area contributed by atoms with Crippen LogP contribution >= 0.6 is 0 Å². The molecular formula is C73H53N3O2Si. The van der Waals surface area contributed by atoms with Gasteiger partial charge in [0.15, 0.2) is 11.2 Å². The molecule has 0 saturated heterocycles. The maximum atomic E-state index is 7.09. The van der Waals surface area contributed by atoms with Crippen LogP contribution in [-0.4, -0.2) is 12.6 Å². The second-order valence-corrected chi connectivity index (χ2v) is 26.8. The molecule has 12 aromatic carbocycles. The Morgan fingerprint density at radius 3 is 1.29 bits per heavy atom. The first-order valence-electron chi connectivity index (χ1n) is 27.1. The minimum atomic E-state index is -1.60. The summed E-state index contributed by atoms with van der Waals surface area (Å²) in [6, 6.07) is 96.3. The number of nitrogens with zero attached hydrogens (tertiary/aromatic N) is 3. The van der Waals surface area contributed by atoms with Crippen molar-refractivity contribution in [1.29, 1.82) is 0 Å². The summed E-state index contributed by atoms with van der Waals surface area (Å²) in [5.74, 6) is 0. The Morgan fingerprint density at radius 2 is 0.772 bits per heavy atom. The van der Waals surface area contributed by atoms with Crippen molar-refractivity contribution in [2.75, 3.05) is 9.80 Å². The molecule has 0 saturated carbocycles. The zero-order valence-electron chi connectivity index (χ0n) is 44.1. The van der Waals surface area contributed by atoms with Crippen molar-refractivity contribution in [1.82, 2.24) is 4.57 Å². The summed E-state index contributed by atoms with van der Waals surface area (Å²) in [6.07, 6.45) is 0. The van der Waals surface area contributed by atoms with Gasteiger partial charge in [-0.1, -0.05) is 207 Å². The molecule has 15 aromatic rings. The van der Waals surface area contributed by atoms with E-state index in [-0.39, 0.29) is 0 Å². The third-order valence-electron chi connectivity index (χ3n) is 15.9. The lowest BCUT2D eigenvalue weighted by molar-refractivity contribution is 0.670. The van der Waals surface area contributed by atoms with Crippen LogP contribution < -0.4 is 15.0 Å². The van der Waals surface area contributed by atoms with E-state index in [9.17, 15) is 0 Å². The normalized spacial score (nSPS) is 12.0. The van der Waals surface area contributed by atoms with Crippen molar-refractivity contribution in [2.45, 2.75) is 19.6 Å². The Hall–Kier alpha value is -9.88. The second-order valence-electron chi connectivity index (χ2n) is 21.7. The van der Waals surface area contributed by atoms with Crippen molar-refractivity contribution in [3.05, 3.63) is 267 Å². The third kappa shape index (κ3) is 7.74. The quantitative estimate of drug-likeness (QED) is 0.128. The van der Waals surface area contributed by atoms with Crippen molar-refractivity contribution < 1.29 is 8.83 Å². The molecule has 0 radical (unpaired) electrons. The molecule has 0 bridgehead atoms. The molecule has 0 N–H and O–H groups in total. The Labute approximate surface area is 459 Å². The zero-order valence-corrected chi connectivity index (χ0v) is 45.1. The van der Waals surface area contributed by atoms with E-state index in [1.807, 2.05) is 0 Å². The van der Waals surface area contributed by atoms with Crippen molar-refractivity contribution >= 4 is 124 Å². The molecule has 15 rings (SSSR count). The maximum Gasteiger partial charge on any atom is 0.159 e. The number of furan rings is 2. The lowest BCUT2D eigenvalue weighted by atomic mass is 10.0. The number of rotatable bonds is 10. The number of aromatic nitrogens is 1. The average molecular weight is 1030 g/mol. The monoisotopic (exact) mass is 1030 g/mol. The second kappa shape index (κ2) is 18.4. The zero-order chi connectivity index (χ0) is 52.8. The van der Waals surface area contributed by atoms with E-state index in [0.29, 0.717) is 0 Å². The number of benzene rings is 12. The van der Waals surface area contributed by atoms with E-state index >= 15 is 0 Å². The molecule has 79 heavy (non-hydrogen) atoms. The van der Waals surface area contributed by atoms with Crippen molar-refractivity contribution in [2.24, 2.45) is 0 Å². The topological polar surface area (TPSA) is 37.7 Å². The highest BCUT2D eigenvalue weighted by atomic mass is 28.3. The van der Waals surface area contributed by atoms with E-state index < -0.39 is 8.07 Å². The molecule has 5 nitrogen and oxygen atoms in total. The smallest absolute Gasteiger partial charge is 0.159 e. The summed E-state index contributed by atoms with van der Waals surface area (Å²) in [4.78, 5) is 4.70. The number of hydrogen-bond donors (Lipinski definition) is 0. The average Bonchev–Trinajstić information content (AvgIpc) is 4.33. The Morgan fingerprint density at radius 1 is 0.316 bits per heavy atom. The summed E-state index contributed by atoms with van der Waals surface area (Å²) < 4.78 is 16.6. The molecule has 0 fully saturated rings. The van der Waals surface area contributed by atoms with E-state index in [4.69, 9.17) is 8.83 Å². The van der Waals surface area contributed by atoms with Gasteiger partial charge in [0.25, 0.3) is 0 Å². The van der Waals surface area contributed by atoms with Gasteiger partial charge in [0, 0.05) is 71.9 Å². The molecule has 376 valence electrons. The fourth-order valence-electron chi connectivity index (χ4n) is 12.1. The highest BCUT2D eigenvalue weighted by Gasteiger charge is 2.25. The minimum Gasteiger partial charge on any atom is -0.453 e. The molecule has 0 aliphatic carbocycles. The third-order valence-corrected chi connectivity index (χ3v) is 18.0. The summed E-state index contributed by atoms with van der Waals surface area (Å²) in [7, 11) is -1.60. The van der Waals surface area contributed by atoms with E-state index in [1.165, 1.54) is 16.0 Å². The Balaban J connectivity index is 0.934. The van der Waals surface area contributed by atoms with Crippen molar-refractivity contribution in [3.63, 3.8) is 0 Å². The fourth-order valence-corrected chi connectivity index (χ4v) is 13.2. The van der Waals surface area contributed by atoms with Crippen LogP contribution in [-0.2, 0) is 0 Å². The van der Waals surface area contributed by atoms with Gasteiger partial charge in [-0.3, -0.25) is 0 Å². The molecular weight excluding hydrogens is 979 g/mol. The standard InChI is InChI=1S/C73H53N3O2Si/c1-79(2,3)57-41-38-54(39-42-57)76-68-46-51-44-55(74(52-24-12-6-13-25-52)66-34-18-32-63-61-30-16-28-58(70(61)77-72(63)66)48-20-8-4-9-21-48)37-36-50(51)45-65(68)60-43-40-56(47-69(60)76)75(53-26-14-7-15-27-53)67-35-19-33-64-62-31-17-29-59(71(62)78-73(64)67)49-22-10-5-11-23-49/h4-47H,1-3H3. The largest absolute Gasteiger partial charge is 0.453 e. The first-order valence-corrected chi connectivity index (χ1v) is 30.6. The van der Waals surface area contributed by atoms with Crippen LogP contribution in [0.25, 0.3) is 104 Å². The van der Waals surface area contributed by atoms with E-state index in [1.54, 1.807) is 0 Å². The molecule has 0 unspecified atom stereocenters. The molecule has 3 heterocycles. The summed E-state index contributed by atoms with van der Waals surface area (Å²) in [6.45, 7) is 7.24. The van der Waals surface area contributed by atoms with E-state index in [2.05, 4.69) is 301 Å². The van der Waals surface area contributed by atoms with Crippen LogP contribution in [0.3, 0.4) is 0 Å². The predicted molar refractivity (Wildman–Crippen MR) is 336 cm³/mol.